The van der Waals surface area contributed by atoms with Crippen molar-refractivity contribution >= 4 is 28.4 Å². The highest BCUT2D eigenvalue weighted by atomic mass is 16.5. The van der Waals surface area contributed by atoms with E-state index in [9.17, 15) is 4.79 Å². The van der Waals surface area contributed by atoms with E-state index < -0.39 is 0 Å². The lowest BCUT2D eigenvalue weighted by atomic mass is 10.2. The minimum Gasteiger partial charge on any atom is -0.378 e. The number of amides is 1. The molecule has 0 atom stereocenters. The van der Waals surface area contributed by atoms with E-state index >= 15 is 0 Å². The number of hydrogen-bond donors (Lipinski definition) is 1. The average Bonchev–Trinajstić information content (AvgIpc) is 3.24. The highest BCUT2D eigenvalue weighted by molar-refractivity contribution is 6.03. The Bertz CT molecular complexity index is 1160. The van der Waals surface area contributed by atoms with E-state index in [1.807, 2.05) is 65.2 Å². The normalized spacial score (nSPS) is 14.1. The summed E-state index contributed by atoms with van der Waals surface area (Å²) < 4.78 is 7.38. The van der Waals surface area contributed by atoms with E-state index in [1.165, 1.54) is 0 Å². The van der Waals surface area contributed by atoms with Crippen molar-refractivity contribution in [2.24, 2.45) is 0 Å². The van der Waals surface area contributed by atoms with Gasteiger partial charge in [-0.3, -0.25) is 9.36 Å². The van der Waals surface area contributed by atoms with Gasteiger partial charge >= 0.3 is 0 Å². The Morgan fingerprint density at radius 3 is 2.43 bits per heavy atom. The topological polar surface area (TPSA) is 72.3 Å². The van der Waals surface area contributed by atoms with Crippen LogP contribution in [0, 0.1) is 0 Å². The third kappa shape index (κ3) is 3.62. The molecule has 1 amide bonds. The molecule has 0 spiro atoms. The lowest BCUT2D eigenvalue weighted by Gasteiger charge is -2.28. The van der Waals surface area contributed by atoms with Crippen molar-refractivity contribution in [2.75, 3.05) is 36.5 Å². The second kappa shape index (κ2) is 7.96. The van der Waals surface area contributed by atoms with Crippen molar-refractivity contribution in [1.82, 2.24) is 14.5 Å². The molecule has 2 aromatic heterocycles. The van der Waals surface area contributed by atoms with Crippen molar-refractivity contribution in [2.45, 2.75) is 0 Å². The maximum absolute atomic E-state index is 12.6. The lowest BCUT2D eigenvalue weighted by molar-refractivity contribution is 0.102. The van der Waals surface area contributed by atoms with Crippen molar-refractivity contribution in [3.63, 3.8) is 0 Å². The Morgan fingerprint density at radius 2 is 1.67 bits per heavy atom. The third-order valence-corrected chi connectivity index (χ3v) is 5.23. The maximum atomic E-state index is 12.6. The van der Waals surface area contributed by atoms with E-state index in [1.54, 1.807) is 12.5 Å². The Hall–Kier alpha value is -3.71. The number of ether oxygens (including phenoxy) is 1. The standard InChI is InChI=1S/C23H21N5O2/c29-23(26-22-10-9-19(15-24-22)27-11-13-30-14-12-27)17-5-7-18(8-6-17)28-16-25-20-3-1-2-4-21(20)28/h1-10,15-16H,11-14H2,(H,24,26,29). The van der Waals surface area contributed by atoms with Gasteiger partial charge in [0.15, 0.2) is 0 Å². The zero-order valence-corrected chi connectivity index (χ0v) is 16.4. The van der Waals surface area contributed by atoms with Crippen molar-refractivity contribution < 1.29 is 9.53 Å². The van der Waals surface area contributed by atoms with Crippen LogP contribution in [-0.2, 0) is 4.74 Å². The molecule has 0 unspecified atom stereocenters. The number of nitrogens with one attached hydrogen (secondary N) is 1. The Balaban J connectivity index is 1.28. The molecule has 150 valence electrons. The summed E-state index contributed by atoms with van der Waals surface area (Å²) in [5.41, 5.74) is 4.52. The van der Waals surface area contributed by atoms with Crippen LogP contribution in [0.1, 0.15) is 10.4 Å². The molecule has 0 saturated carbocycles. The number of morpholine rings is 1. The van der Waals surface area contributed by atoms with Gasteiger partial charge in [-0.05, 0) is 48.5 Å². The number of carbonyl (C=O) groups is 1. The molecule has 1 fully saturated rings. The number of hydrogen-bond acceptors (Lipinski definition) is 5. The van der Waals surface area contributed by atoms with Gasteiger partial charge in [-0.25, -0.2) is 9.97 Å². The number of carbonyl (C=O) groups excluding carboxylic acids is 1. The minimum absolute atomic E-state index is 0.191. The molecule has 3 heterocycles. The first kappa shape index (κ1) is 18.3. The predicted molar refractivity (Wildman–Crippen MR) is 116 cm³/mol. The molecule has 1 aliphatic heterocycles. The fraction of sp³-hybridized carbons (Fsp3) is 0.174. The molecular weight excluding hydrogens is 378 g/mol. The average molecular weight is 399 g/mol. The van der Waals surface area contributed by atoms with Crippen molar-refractivity contribution in [3.8, 4) is 5.69 Å². The van der Waals surface area contributed by atoms with E-state index in [4.69, 9.17) is 4.74 Å². The molecule has 0 bridgehead atoms. The van der Waals surface area contributed by atoms with Gasteiger partial charge < -0.3 is 15.0 Å². The highest BCUT2D eigenvalue weighted by Crippen LogP contribution is 2.19. The number of anilines is 2. The number of para-hydroxylation sites is 2. The summed E-state index contributed by atoms with van der Waals surface area (Å²) in [5, 5.41) is 2.86. The van der Waals surface area contributed by atoms with Gasteiger partial charge in [-0.2, -0.15) is 0 Å². The second-order valence-corrected chi connectivity index (χ2v) is 7.11. The molecule has 1 N–H and O–H groups in total. The molecule has 0 radical (unpaired) electrons. The first-order chi connectivity index (χ1) is 14.8. The summed E-state index contributed by atoms with van der Waals surface area (Å²) in [4.78, 5) is 23.6. The summed E-state index contributed by atoms with van der Waals surface area (Å²) >= 11 is 0. The van der Waals surface area contributed by atoms with Gasteiger partial charge in [0.25, 0.3) is 5.91 Å². The number of benzene rings is 2. The molecule has 2 aromatic carbocycles. The van der Waals surface area contributed by atoms with Crippen molar-refractivity contribution in [3.05, 3.63) is 78.8 Å². The van der Waals surface area contributed by atoms with Crippen LogP contribution in [-0.4, -0.2) is 46.7 Å². The summed E-state index contributed by atoms with van der Waals surface area (Å²) in [6, 6.07) is 19.2. The second-order valence-electron chi connectivity index (χ2n) is 7.11. The Morgan fingerprint density at radius 1 is 0.900 bits per heavy atom. The summed E-state index contributed by atoms with van der Waals surface area (Å²) in [6.45, 7) is 3.16. The first-order valence-electron chi connectivity index (χ1n) is 9.90. The molecule has 7 nitrogen and oxygen atoms in total. The van der Waals surface area contributed by atoms with Crippen LogP contribution in [0.3, 0.4) is 0 Å². The number of fused-ring (bicyclic) bond motifs is 1. The van der Waals surface area contributed by atoms with E-state index in [2.05, 4.69) is 20.2 Å². The zero-order chi connectivity index (χ0) is 20.3. The molecule has 7 heteroatoms. The molecule has 4 aromatic rings. The molecule has 1 aliphatic rings. The predicted octanol–water partition coefficient (Wildman–Crippen LogP) is 3.51. The smallest absolute Gasteiger partial charge is 0.256 e. The first-order valence-corrected chi connectivity index (χ1v) is 9.90. The quantitative estimate of drug-likeness (QED) is 0.569. The molecule has 5 rings (SSSR count). The van der Waals surface area contributed by atoms with E-state index in [0.29, 0.717) is 11.4 Å². The van der Waals surface area contributed by atoms with Gasteiger partial charge in [0.05, 0.1) is 36.1 Å². The maximum Gasteiger partial charge on any atom is 0.256 e. The summed E-state index contributed by atoms with van der Waals surface area (Å²) in [6.07, 6.45) is 3.58. The van der Waals surface area contributed by atoms with Crippen LogP contribution >= 0.6 is 0 Å². The number of imidazole rings is 1. The third-order valence-electron chi connectivity index (χ3n) is 5.23. The van der Waals surface area contributed by atoms with Crippen molar-refractivity contribution in [1.29, 1.82) is 0 Å². The zero-order valence-electron chi connectivity index (χ0n) is 16.4. The Labute approximate surface area is 173 Å². The van der Waals surface area contributed by atoms with Gasteiger partial charge in [0, 0.05) is 24.3 Å². The molecule has 1 saturated heterocycles. The molecular formula is C23H21N5O2. The highest BCUT2D eigenvalue weighted by Gasteiger charge is 2.12. The monoisotopic (exact) mass is 399 g/mol. The Kier molecular flexibility index (Phi) is 4.86. The number of rotatable bonds is 4. The number of pyridine rings is 1. The van der Waals surface area contributed by atoms with Gasteiger partial charge in [-0.1, -0.05) is 12.1 Å². The van der Waals surface area contributed by atoms with Gasteiger partial charge in [0.1, 0.15) is 12.1 Å². The van der Waals surface area contributed by atoms with Crippen LogP contribution in [0.2, 0.25) is 0 Å². The van der Waals surface area contributed by atoms with E-state index in [0.717, 1.165) is 48.7 Å². The van der Waals surface area contributed by atoms with Crippen LogP contribution < -0.4 is 10.2 Å². The van der Waals surface area contributed by atoms with Crippen LogP contribution in [0.15, 0.2) is 73.2 Å². The lowest BCUT2D eigenvalue weighted by Crippen LogP contribution is -2.36. The molecule has 0 aliphatic carbocycles. The van der Waals surface area contributed by atoms with Gasteiger partial charge in [-0.15, -0.1) is 0 Å². The fourth-order valence-corrected chi connectivity index (χ4v) is 3.60. The summed E-state index contributed by atoms with van der Waals surface area (Å²) in [7, 11) is 0. The molecule has 30 heavy (non-hydrogen) atoms. The van der Waals surface area contributed by atoms with E-state index in [-0.39, 0.29) is 5.91 Å². The fourth-order valence-electron chi connectivity index (χ4n) is 3.60. The minimum atomic E-state index is -0.191. The SMILES string of the molecule is O=C(Nc1ccc(N2CCOCC2)cn1)c1ccc(-n2cnc3ccccc32)cc1. The van der Waals surface area contributed by atoms with Gasteiger partial charge in [0.2, 0.25) is 0 Å². The number of aromatic nitrogens is 3. The number of nitrogens with zero attached hydrogens (tertiary/aromatic N) is 4. The largest absolute Gasteiger partial charge is 0.378 e. The van der Waals surface area contributed by atoms with Crippen LogP contribution in [0.25, 0.3) is 16.7 Å². The van der Waals surface area contributed by atoms with Crippen LogP contribution in [0.5, 0.6) is 0 Å². The summed E-state index contributed by atoms with van der Waals surface area (Å²) in [5.74, 6) is 0.338. The van der Waals surface area contributed by atoms with Crippen LogP contribution in [0.4, 0.5) is 11.5 Å².